The van der Waals surface area contributed by atoms with Crippen molar-refractivity contribution in [1.29, 1.82) is 0 Å². The van der Waals surface area contributed by atoms with Gasteiger partial charge >= 0.3 is 0 Å². The van der Waals surface area contributed by atoms with Crippen LogP contribution in [0.15, 0.2) is 18.2 Å². The molecule has 2 nitrogen and oxygen atoms in total. The summed E-state index contributed by atoms with van der Waals surface area (Å²) in [5.74, 6) is 1.90. The zero-order valence-electron chi connectivity index (χ0n) is 12.6. The maximum Gasteiger partial charge on any atom is 0.123 e. The van der Waals surface area contributed by atoms with E-state index in [1.165, 1.54) is 30.4 Å². The van der Waals surface area contributed by atoms with Crippen LogP contribution in [-0.2, 0) is 11.2 Å². The quantitative estimate of drug-likeness (QED) is 0.755. The normalized spacial score (nSPS) is 34.8. The van der Waals surface area contributed by atoms with Crippen molar-refractivity contribution in [3.63, 3.8) is 0 Å². The van der Waals surface area contributed by atoms with Crippen LogP contribution in [0.25, 0.3) is 0 Å². The molecule has 114 valence electrons. The third kappa shape index (κ3) is 2.53. The minimum Gasteiger partial charge on any atom is -0.490 e. The molecule has 2 aliphatic heterocycles. The Balaban J connectivity index is 1.50. The number of benzene rings is 1. The minimum absolute atomic E-state index is 0.281. The molecule has 3 unspecified atom stereocenters. The molecule has 0 spiro atoms. The van der Waals surface area contributed by atoms with E-state index < -0.39 is 0 Å². The topological polar surface area (TPSA) is 18.5 Å². The van der Waals surface area contributed by atoms with E-state index in [1.807, 2.05) is 0 Å². The van der Waals surface area contributed by atoms with E-state index in [0.29, 0.717) is 12.2 Å². The molecule has 0 aromatic heterocycles. The van der Waals surface area contributed by atoms with Crippen molar-refractivity contribution in [3.8, 4) is 5.75 Å². The van der Waals surface area contributed by atoms with Crippen molar-refractivity contribution in [2.45, 2.75) is 51.2 Å². The number of ether oxygens (including phenoxy) is 2. The highest BCUT2D eigenvalue weighted by Gasteiger charge is 2.51. The molecule has 0 radical (unpaired) electrons. The maximum atomic E-state index is 6.22. The number of alkyl halides is 1. The van der Waals surface area contributed by atoms with E-state index in [1.54, 1.807) is 0 Å². The van der Waals surface area contributed by atoms with Crippen LogP contribution in [0.1, 0.15) is 36.8 Å². The highest BCUT2D eigenvalue weighted by Crippen LogP contribution is 2.52. The summed E-state index contributed by atoms with van der Waals surface area (Å²) in [4.78, 5) is 0. The molecule has 3 aliphatic rings. The number of hydrogen-bond acceptors (Lipinski definition) is 2. The van der Waals surface area contributed by atoms with Gasteiger partial charge < -0.3 is 9.47 Å². The summed E-state index contributed by atoms with van der Waals surface area (Å²) in [6, 6.07) is 6.56. The standard InChI is InChI=1S/C18H23BrO2/c1-12-2-5-16-14(8-12)9-15(21-16)10-18(11-19)6-7-20-17(18)13-3-4-13/h2,5,8,13,15,17H,3-4,6-7,9-11H2,1H3. The Morgan fingerprint density at radius 3 is 2.95 bits per heavy atom. The van der Waals surface area contributed by atoms with Crippen molar-refractivity contribution < 1.29 is 9.47 Å². The number of hydrogen-bond donors (Lipinski definition) is 0. The van der Waals surface area contributed by atoms with E-state index in [2.05, 4.69) is 41.1 Å². The maximum absolute atomic E-state index is 6.22. The average molecular weight is 351 g/mol. The van der Waals surface area contributed by atoms with Crippen molar-refractivity contribution in [2.75, 3.05) is 11.9 Å². The molecule has 1 saturated heterocycles. The minimum atomic E-state index is 0.281. The van der Waals surface area contributed by atoms with Gasteiger partial charge in [0.2, 0.25) is 0 Å². The Morgan fingerprint density at radius 1 is 1.33 bits per heavy atom. The summed E-state index contributed by atoms with van der Waals surface area (Å²) >= 11 is 3.79. The van der Waals surface area contributed by atoms with Crippen LogP contribution in [0, 0.1) is 18.3 Å². The van der Waals surface area contributed by atoms with Gasteiger partial charge in [0.15, 0.2) is 0 Å². The van der Waals surface area contributed by atoms with E-state index >= 15 is 0 Å². The van der Waals surface area contributed by atoms with Gasteiger partial charge in [-0.2, -0.15) is 0 Å². The summed E-state index contributed by atoms with van der Waals surface area (Å²) in [5, 5.41) is 1.04. The van der Waals surface area contributed by atoms with Crippen LogP contribution in [0.2, 0.25) is 0 Å². The van der Waals surface area contributed by atoms with Crippen LogP contribution in [0.5, 0.6) is 5.75 Å². The number of fused-ring (bicyclic) bond motifs is 1. The van der Waals surface area contributed by atoms with Gasteiger partial charge in [-0.1, -0.05) is 33.6 Å². The molecule has 1 aromatic carbocycles. The molecule has 0 amide bonds. The highest BCUT2D eigenvalue weighted by molar-refractivity contribution is 9.09. The van der Waals surface area contributed by atoms with Crippen LogP contribution in [0.3, 0.4) is 0 Å². The molecule has 0 N–H and O–H groups in total. The molecule has 3 heteroatoms. The fraction of sp³-hybridized carbons (Fsp3) is 0.667. The van der Waals surface area contributed by atoms with Crippen molar-refractivity contribution in [2.24, 2.45) is 11.3 Å². The fourth-order valence-electron chi connectivity index (χ4n) is 4.18. The third-order valence-corrected chi connectivity index (χ3v) is 6.53. The molecule has 3 atom stereocenters. The van der Waals surface area contributed by atoms with Gasteiger partial charge in [0.05, 0.1) is 6.10 Å². The first-order valence-electron chi connectivity index (χ1n) is 8.14. The van der Waals surface area contributed by atoms with Crippen LogP contribution in [0.4, 0.5) is 0 Å². The van der Waals surface area contributed by atoms with Crippen LogP contribution >= 0.6 is 15.9 Å². The zero-order chi connectivity index (χ0) is 14.4. The first-order chi connectivity index (χ1) is 10.2. The van der Waals surface area contributed by atoms with Gasteiger partial charge in [0.1, 0.15) is 11.9 Å². The molecule has 2 heterocycles. The molecular formula is C18H23BrO2. The second-order valence-corrected chi connectivity index (χ2v) is 7.69. The van der Waals surface area contributed by atoms with Crippen molar-refractivity contribution in [3.05, 3.63) is 29.3 Å². The smallest absolute Gasteiger partial charge is 0.123 e. The lowest BCUT2D eigenvalue weighted by Gasteiger charge is -2.34. The highest BCUT2D eigenvalue weighted by atomic mass is 79.9. The van der Waals surface area contributed by atoms with Gasteiger partial charge in [0, 0.05) is 23.8 Å². The largest absolute Gasteiger partial charge is 0.490 e. The van der Waals surface area contributed by atoms with E-state index in [0.717, 1.165) is 36.4 Å². The average Bonchev–Trinajstić information content (AvgIpc) is 3.11. The summed E-state index contributed by atoms with van der Waals surface area (Å²) in [6.07, 6.45) is 6.83. The second-order valence-electron chi connectivity index (χ2n) is 7.13. The Labute approximate surface area is 135 Å². The summed E-state index contributed by atoms with van der Waals surface area (Å²) in [6.45, 7) is 3.08. The SMILES string of the molecule is Cc1ccc2c(c1)CC(CC1(CBr)CCOC1C1CC1)O2. The van der Waals surface area contributed by atoms with Gasteiger partial charge in [-0.15, -0.1) is 0 Å². The molecule has 0 bridgehead atoms. The van der Waals surface area contributed by atoms with Gasteiger partial charge in [-0.3, -0.25) is 0 Å². The third-order valence-electron chi connectivity index (χ3n) is 5.41. The molecule has 1 saturated carbocycles. The lowest BCUT2D eigenvalue weighted by Crippen LogP contribution is -2.38. The number of aryl methyl sites for hydroxylation is 1. The van der Waals surface area contributed by atoms with Crippen molar-refractivity contribution in [1.82, 2.24) is 0 Å². The summed E-state index contributed by atoms with van der Waals surface area (Å²) < 4.78 is 12.3. The van der Waals surface area contributed by atoms with Crippen molar-refractivity contribution >= 4 is 15.9 Å². The fourth-order valence-corrected chi connectivity index (χ4v) is 5.00. The summed E-state index contributed by atoms with van der Waals surface area (Å²) in [7, 11) is 0. The van der Waals surface area contributed by atoms with Gasteiger partial charge in [0.25, 0.3) is 0 Å². The molecule has 1 aromatic rings. The first-order valence-corrected chi connectivity index (χ1v) is 9.26. The number of rotatable bonds is 4. The molecular weight excluding hydrogens is 328 g/mol. The Bertz CT molecular complexity index is 540. The Hall–Kier alpha value is -0.540. The summed E-state index contributed by atoms with van der Waals surface area (Å²) in [5.41, 5.74) is 2.99. The second kappa shape index (κ2) is 5.27. The molecule has 4 rings (SSSR count). The molecule has 1 aliphatic carbocycles. The van der Waals surface area contributed by atoms with Gasteiger partial charge in [-0.25, -0.2) is 0 Å². The van der Waals surface area contributed by atoms with E-state index in [9.17, 15) is 0 Å². The van der Waals surface area contributed by atoms with E-state index in [-0.39, 0.29) is 5.41 Å². The zero-order valence-corrected chi connectivity index (χ0v) is 14.2. The number of halogens is 1. The van der Waals surface area contributed by atoms with Crippen LogP contribution in [-0.4, -0.2) is 24.1 Å². The van der Waals surface area contributed by atoms with E-state index in [4.69, 9.17) is 9.47 Å². The monoisotopic (exact) mass is 350 g/mol. The predicted octanol–water partition coefficient (Wildman–Crippen LogP) is 4.27. The lowest BCUT2D eigenvalue weighted by atomic mass is 9.76. The van der Waals surface area contributed by atoms with Gasteiger partial charge in [-0.05, 0) is 50.2 Å². The first kappa shape index (κ1) is 14.1. The lowest BCUT2D eigenvalue weighted by molar-refractivity contribution is 0.0217. The Morgan fingerprint density at radius 2 is 2.19 bits per heavy atom. The Kier molecular flexibility index (Phi) is 3.54. The molecule has 21 heavy (non-hydrogen) atoms. The van der Waals surface area contributed by atoms with Crippen LogP contribution < -0.4 is 4.74 Å². The molecule has 2 fully saturated rings. The predicted molar refractivity (Wildman–Crippen MR) is 87.2 cm³/mol.